The summed E-state index contributed by atoms with van der Waals surface area (Å²) < 4.78 is 66.0. The Bertz CT molecular complexity index is 686. The Morgan fingerprint density at radius 3 is 0.854 bits per heavy atom. The van der Waals surface area contributed by atoms with E-state index in [9.17, 15) is 0 Å². The van der Waals surface area contributed by atoms with Gasteiger partial charge in [-0.1, -0.05) is 10.2 Å². The number of hydrogen-bond acceptors (Lipinski definition) is 15. The predicted octanol–water partition coefficient (Wildman–Crippen LogP) is 1.80. The van der Waals surface area contributed by atoms with Crippen LogP contribution in [0.2, 0.25) is 0 Å². The van der Waals surface area contributed by atoms with Gasteiger partial charge in [-0.15, -0.1) is 12.4 Å². The molecule has 0 radical (unpaired) electrons. The van der Waals surface area contributed by atoms with E-state index in [1.165, 1.54) is 0 Å². The van der Waals surface area contributed by atoms with Gasteiger partial charge in [0.05, 0.1) is 159 Å². The fourth-order valence-corrected chi connectivity index (χ4v) is 3.26. The molecule has 0 rings (SSSR count). The number of halogens is 1. The Labute approximate surface area is 290 Å². The lowest BCUT2D eigenvalue weighted by Crippen LogP contribution is -2.25. The van der Waals surface area contributed by atoms with Crippen molar-refractivity contribution in [1.29, 1.82) is 0 Å². The van der Waals surface area contributed by atoms with E-state index in [0.29, 0.717) is 178 Å². The Hall–Kier alpha value is -1.61. The molecule has 0 atom stereocenters. The molecule has 0 saturated carbocycles. The molecule has 48 heavy (non-hydrogen) atoms. The fourth-order valence-electron chi connectivity index (χ4n) is 3.26. The largest absolute Gasteiger partial charge is 0.379 e. The van der Waals surface area contributed by atoms with Gasteiger partial charge in [0.15, 0.2) is 0 Å². The van der Waals surface area contributed by atoms with Gasteiger partial charge in [-0.25, -0.2) is 0 Å². The van der Waals surface area contributed by atoms with Crippen LogP contribution in [-0.2, 0) is 56.8 Å². The molecule has 284 valence electrons. The first-order valence-electron chi connectivity index (χ1n) is 16.0. The molecular weight excluding hydrogens is 662 g/mol. The molecule has 0 aliphatic rings. The van der Waals surface area contributed by atoms with Crippen molar-refractivity contribution in [1.82, 2.24) is 0 Å². The highest BCUT2D eigenvalue weighted by atomic mass is 35.5. The maximum atomic E-state index is 8.20. The first-order chi connectivity index (χ1) is 23.3. The maximum Gasteiger partial charge on any atom is 0.0701 e. The zero-order valence-corrected chi connectivity index (χ0v) is 29.1. The maximum absolute atomic E-state index is 8.20. The van der Waals surface area contributed by atoms with Crippen molar-refractivity contribution in [2.24, 2.45) is 21.9 Å². The summed E-state index contributed by atoms with van der Waals surface area (Å²) in [5.74, 6) is 0.0243. The predicted molar refractivity (Wildman–Crippen MR) is 178 cm³/mol. The quantitative estimate of drug-likeness (QED) is 0.0411. The normalized spacial score (nSPS) is 11.5. The number of nitrogens with two attached hydrogens (primary N) is 1. The van der Waals surface area contributed by atoms with Gasteiger partial charge in [-0.3, -0.25) is 0 Å². The van der Waals surface area contributed by atoms with Gasteiger partial charge in [0, 0.05) is 35.4 Å². The van der Waals surface area contributed by atoms with Gasteiger partial charge >= 0.3 is 0 Å². The van der Waals surface area contributed by atoms with Crippen LogP contribution in [0.25, 0.3) is 20.9 Å². The molecular formula is C28H58ClN7O12. The van der Waals surface area contributed by atoms with Crippen LogP contribution in [0.5, 0.6) is 0 Å². The smallest absolute Gasteiger partial charge is 0.0701 e. The van der Waals surface area contributed by atoms with Gasteiger partial charge in [-0.2, -0.15) is 0 Å². The molecule has 0 amide bonds. The van der Waals surface area contributed by atoms with Crippen LogP contribution in [0.4, 0.5) is 0 Å². The molecule has 19 nitrogen and oxygen atoms in total. The van der Waals surface area contributed by atoms with Crippen LogP contribution in [0.1, 0.15) is 0 Å². The van der Waals surface area contributed by atoms with Crippen molar-refractivity contribution in [3.8, 4) is 0 Å². The summed E-state index contributed by atoms with van der Waals surface area (Å²) >= 11 is 0. The van der Waals surface area contributed by atoms with Crippen molar-refractivity contribution < 1.29 is 56.8 Å². The molecule has 0 fully saturated rings. The van der Waals surface area contributed by atoms with Gasteiger partial charge in [-0.05, 0) is 11.1 Å². The summed E-state index contributed by atoms with van der Waals surface area (Å²) in [7, 11) is 0. The van der Waals surface area contributed by atoms with Crippen LogP contribution in [0.3, 0.4) is 0 Å². The summed E-state index contributed by atoms with van der Waals surface area (Å²) in [6, 6.07) is 0. The number of azide groups is 2. The lowest BCUT2D eigenvalue weighted by atomic mass is 10.2. The third-order valence-corrected chi connectivity index (χ3v) is 5.47. The fraction of sp³-hybridized carbons (Fsp3) is 1.00. The third-order valence-electron chi connectivity index (χ3n) is 5.47. The minimum Gasteiger partial charge on any atom is -0.379 e. The topological polar surface area (TPSA) is 234 Å². The Morgan fingerprint density at radius 2 is 0.604 bits per heavy atom. The Morgan fingerprint density at radius 1 is 0.375 bits per heavy atom. The molecule has 0 saturated heterocycles. The number of ether oxygens (including phenoxy) is 12. The monoisotopic (exact) mass is 719 g/mol. The minimum absolute atomic E-state index is 0. The van der Waals surface area contributed by atoms with Gasteiger partial charge < -0.3 is 62.6 Å². The molecule has 0 aliphatic carbocycles. The SMILES string of the molecule is Cl.[N-]=[N+]=NCCOCCOCCOCCOCC(COCCOCCOCCOCCN)COCCOCCOCCOCCN=[N+]=[N-]. The lowest BCUT2D eigenvalue weighted by molar-refractivity contribution is -0.0465. The van der Waals surface area contributed by atoms with E-state index in [0.717, 1.165) is 0 Å². The molecule has 20 heteroatoms. The van der Waals surface area contributed by atoms with Crippen LogP contribution in [-0.4, -0.2) is 178 Å². The van der Waals surface area contributed by atoms with Gasteiger partial charge in [0.25, 0.3) is 0 Å². The second kappa shape index (κ2) is 45.4. The third kappa shape index (κ3) is 42.4. The van der Waals surface area contributed by atoms with E-state index in [1.807, 2.05) is 0 Å². The summed E-state index contributed by atoms with van der Waals surface area (Å²) in [6.07, 6.45) is 0. The Balaban J connectivity index is 0. The summed E-state index contributed by atoms with van der Waals surface area (Å²) in [6.45, 7) is 11.9. The Kier molecular flexibility index (Phi) is 45.9. The second-order valence-corrected chi connectivity index (χ2v) is 9.30. The molecule has 0 aliphatic heterocycles. The van der Waals surface area contributed by atoms with E-state index >= 15 is 0 Å². The van der Waals surface area contributed by atoms with E-state index in [1.54, 1.807) is 0 Å². The van der Waals surface area contributed by atoms with Crippen molar-refractivity contribution in [3.05, 3.63) is 20.9 Å². The molecule has 0 aromatic rings. The highest BCUT2D eigenvalue weighted by molar-refractivity contribution is 5.85. The van der Waals surface area contributed by atoms with Crippen molar-refractivity contribution in [2.75, 3.05) is 178 Å². The molecule has 0 aromatic carbocycles. The van der Waals surface area contributed by atoms with E-state index in [2.05, 4.69) is 20.1 Å². The van der Waals surface area contributed by atoms with Gasteiger partial charge in [0.1, 0.15) is 0 Å². The average Bonchev–Trinajstić information content (AvgIpc) is 3.08. The van der Waals surface area contributed by atoms with Crippen molar-refractivity contribution in [2.45, 2.75) is 0 Å². The first-order valence-corrected chi connectivity index (χ1v) is 16.0. The molecule has 0 spiro atoms. The molecule has 0 bridgehead atoms. The zero-order chi connectivity index (χ0) is 34.0. The second-order valence-electron chi connectivity index (χ2n) is 9.30. The molecule has 2 N–H and O–H groups in total. The molecule has 0 unspecified atom stereocenters. The molecule has 0 heterocycles. The highest BCUT2D eigenvalue weighted by Gasteiger charge is 2.10. The van der Waals surface area contributed by atoms with Gasteiger partial charge in [0.2, 0.25) is 0 Å². The number of nitrogens with zero attached hydrogens (tertiary/aromatic N) is 6. The van der Waals surface area contributed by atoms with E-state index < -0.39 is 0 Å². The first kappa shape index (κ1) is 48.5. The standard InChI is InChI=1S/C28H57N7O12.ClH/c29-1-4-36-7-10-39-13-16-42-19-22-45-25-28(26-46-23-20-43-17-14-40-11-8-37-5-2-32-34-30)27-47-24-21-44-18-15-41-12-9-38-6-3-33-35-31;/h28H,1-27,29H2;1H. The summed E-state index contributed by atoms with van der Waals surface area (Å²) in [4.78, 5) is 5.31. The van der Waals surface area contributed by atoms with Crippen molar-refractivity contribution >= 4 is 12.4 Å². The molecule has 0 aromatic heterocycles. The lowest BCUT2D eigenvalue weighted by Gasteiger charge is -2.18. The van der Waals surface area contributed by atoms with E-state index in [4.69, 9.17) is 73.6 Å². The van der Waals surface area contributed by atoms with Crippen LogP contribution in [0.15, 0.2) is 10.2 Å². The minimum atomic E-state index is 0. The highest BCUT2D eigenvalue weighted by Crippen LogP contribution is 2.01. The average molecular weight is 720 g/mol. The summed E-state index contributed by atoms with van der Waals surface area (Å²) in [5, 5.41) is 6.77. The summed E-state index contributed by atoms with van der Waals surface area (Å²) in [5.41, 5.74) is 21.8. The zero-order valence-electron chi connectivity index (χ0n) is 28.2. The van der Waals surface area contributed by atoms with Crippen molar-refractivity contribution in [3.63, 3.8) is 0 Å². The van der Waals surface area contributed by atoms with Crippen LogP contribution in [0, 0.1) is 5.92 Å². The number of hydrogen-bond donors (Lipinski definition) is 1. The van der Waals surface area contributed by atoms with E-state index in [-0.39, 0.29) is 18.3 Å². The van der Waals surface area contributed by atoms with Crippen LogP contribution < -0.4 is 5.73 Å². The number of rotatable bonds is 41. The van der Waals surface area contributed by atoms with Crippen LogP contribution >= 0.6 is 12.4 Å².